The van der Waals surface area contributed by atoms with Gasteiger partial charge in [0, 0.05) is 36.9 Å². The molecule has 0 radical (unpaired) electrons. The quantitative estimate of drug-likeness (QED) is 0.174. The summed E-state index contributed by atoms with van der Waals surface area (Å²) in [4.78, 5) is 15.3. The molecule has 2 aliphatic rings. The molecule has 0 unspecified atom stereocenters. The van der Waals surface area contributed by atoms with Gasteiger partial charge in [0.05, 0.1) is 5.41 Å². The van der Waals surface area contributed by atoms with Crippen molar-refractivity contribution >= 4 is 31.5 Å². The van der Waals surface area contributed by atoms with Gasteiger partial charge in [-0.15, -0.1) is 11.3 Å². The van der Waals surface area contributed by atoms with Crippen molar-refractivity contribution in [3.05, 3.63) is 235 Å². The van der Waals surface area contributed by atoms with Crippen molar-refractivity contribution in [2.45, 2.75) is 5.41 Å². The number of hydrogen-bond donors (Lipinski definition) is 0. The zero-order chi connectivity index (χ0) is 40.8. The van der Waals surface area contributed by atoms with E-state index in [0.717, 1.165) is 22.1 Å². The monoisotopic (exact) mass is 805 g/mol. The molecular weight excluding hydrogens is 771 g/mol. The molecule has 9 aromatic carbocycles. The number of rotatable bonds is 5. The zero-order valence-electron chi connectivity index (χ0n) is 33.5. The normalized spacial score (nSPS) is 13.0. The lowest BCUT2D eigenvalue weighted by Gasteiger charge is -2.30. The molecule has 0 N–H and O–H groups in total. The highest BCUT2D eigenvalue weighted by Crippen LogP contribution is 2.63. The van der Waals surface area contributed by atoms with Crippen LogP contribution in [-0.4, -0.2) is 15.0 Å². The topological polar surface area (TPSA) is 38.7 Å². The van der Waals surface area contributed by atoms with Gasteiger partial charge in [0.2, 0.25) is 0 Å². The van der Waals surface area contributed by atoms with Crippen LogP contribution in [0.2, 0.25) is 0 Å². The van der Waals surface area contributed by atoms with Crippen LogP contribution < -0.4 is 0 Å². The highest BCUT2D eigenvalue weighted by atomic mass is 32.1. The van der Waals surface area contributed by atoms with Crippen LogP contribution in [-0.2, 0) is 5.41 Å². The Morgan fingerprint density at radius 1 is 0.290 bits per heavy atom. The molecule has 4 heteroatoms. The van der Waals surface area contributed by atoms with Crippen molar-refractivity contribution < 1.29 is 0 Å². The Morgan fingerprint density at radius 3 is 1.34 bits per heavy atom. The molecule has 2 aliphatic carbocycles. The molecule has 0 bridgehead atoms. The molecule has 3 nitrogen and oxygen atoms in total. The summed E-state index contributed by atoms with van der Waals surface area (Å²) in [6.45, 7) is 0. The van der Waals surface area contributed by atoms with Crippen molar-refractivity contribution in [3.8, 4) is 78.7 Å². The standard InChI is InChI=1S/C58H35N3S/c1-3-16-36(17-4-1)55-59-56(37-18-5-2-6-19-37)61-57(60-55)45-25-15-29-53-54(45)47-35-39(31-33-52(47)62-53)41-21-8-7-20-40(41)38-30-32-51-46(34-38)44-24-11-14-28-50(44)58(51)48-26-12-9-22-42(48)43-23-10-13-27-49(43)58/h1-35H. The maximum absolute atomic E-state index is 5.15. The molecule has 0 aliphatic heterocycles. The van der Waals surface area contributed by atoms with Crippen molar-refractivity contribution in [2.24, 2.45) is 0 Å². The Bertz CT molecular complexity index is 3490. The second-order valence-corrected chi connectivity index (χ2v) is 17.3. The van der Waals surface area contributed by atoms with E-state index in [0.29, 0.717) is 17.5 Å². The molecule has 288 valence electrons. The van der Waals surface area contributed by atoms with E-state index in [1.54, 1.807) is 0 Å². The van der Waals surface area contributed by atoms with Gasteiger partial charge in [-0.2, -0.15) is 0 Å². The smallest absolute Gasteiger partial charge is 0.164 e. The van der Waals surface area contributed by atoms with Crippen LogP contribution in [0, 0.1) is 0 Å². The Hall–Kier alpha value is -7.79. The maximum Gasteiger partial charge on any atom is 0.164 e. The first-order valence-corrected chi connectivity index (χ1v) is 21.9. The molecule has 1 spiro atoms. The average molecular weight is 806 g/mol. The van der Waals surface area contributed by atoms with Gasteiger partial charge >= 0.3 is 0 Å². The third kappa shape index (κ3) is 5.08. The summed E-state index contributed by atoms with van der Waals surface area (Å²) >= 11 is 1.81. The molecule has 2 heterocycles. The third-order valence-corrected chi connectivity index (χ3v) is 14.1. The first kappa shape index (κ1) is 35.0. The van der Waals surface area contributed by atoms with Crippen molar-refractivity contribution in [3.63, 3.8) is 0 Å². The second kappa shape index (κ2) is 13.6. The second-order valence-electron chi connectivity index (χ2n) is 16.2. The summed E-state index contributed by atoms with van der Waals surface area (Å²) < 4.78 is 2.43. The van der Waals surface area contributed by atoms with E-state index >= 15 is 0 Å². The Kier molecular flexibility index (Phi) is 7.69. The molecule has 0 amide bonds. The number of thiophene rings is 1. The SMILES string of the molecule is c1ccc(-c2nc(-c3ccccc3)nc(-c3cccc4sc5ccc(-c6ccccc6-c6ccc7c(c6)-c6ccccc6C76c7ccccc7-c7ccccc76)cc5c34)n2)cc1. The lowest BCUT2D eigenvalue weighted by molar-refractivity contribution is 0.794. The summed E-state index contributed by atoms with van der Waals surface area (Å²) in [6, 6.07) is 76.9. The van der Waals surface area contributed by atoms with E-state index in [1.807, 2.05) is 47.7 Å². The molecule has 0 saturated carbocycles. The highest BCUT2D eigenvalue weighted by molar-refractivity contribution is 7.26. The van der Waals surface area contributed by atoms with Crippen LogP contribution in [0.25, 0.3) is 98.8 Å². The fourth-order valence-corrected chi connectivity index (χ4v) is 11.5. The number of hydrogen-bond acceptors (Lipinski definition) is 4. The summed E-state index contributed by atoms with van der Waals surface area (Å²) in [6.07, 6.45) is 0. The number of fused-ring (bicyclic) bond motifs is 13. The van der Waals surface area contributed by atoms with Crippen LogP contribution in [0.3, 0.4) is 0 Å². The van der Waals surface area contributed by atoms with Gasteiger partial charge < -0.3 is 0 Å². The molecule has 0 atom stereocenters. The average Bonchev–Trinajstić information content (AvgIpc) is 3.98. The van der Waals surface area contributed by atoms with Crippen LogP contribution in [0.4, 0.5) is 0 Å². The predicted molar refractivity (Wildman–Crippen MR) is 256 cm³/mol. The molecule has 0 fully saturated rings. The van der Waals surface area contributed by atoms with Gasteiger partial charge in [-0.25, -0.2) is 15.0 Å². The minimum Gasteiger partial charge on any atom is -0.208 e. The minimum absolute atomic E-state index is 0.359. The summed E-state index contributed by atoms with van der Waals surface area (Å²) in [5, 5.41) is 2.35. The lowest BCUT2D eigenvalue weighted by Crippen LogP contribution is -2.25. The highest BCUT2D eigenvalue weighted by Gasteiger charge is 2.51. The van der Waals surface area contributed by atoms with Gasteiger partial charge in [-0.3, -0.25) is 0 Å². The van der Waals surface area contributed by atoms with E-state index < -0.39 is 0 Å². The van der Waals surface area contributed by atoms with E-state index in [4.69, 9.17) is 15.0 Å². The van der Waals surface area contributed by atoms with Crippen molar-refractivity contribution in [2.75, 3.05) is 0 Å². The molecular formula is C58H35N3S. The predicted octanol–water partition coefficient (Wildman–Crippen LogP) is 14.9. The fraction of sp³-hybridized carbons (Fsp3) is 0.0172. The van der Waals surface area contributed by atoms with E-state index in [9.17, 15) is 0 Å². The van der Waals surface area contributed by atoms with Gasteiger partial charge in [-0.05, 0) is 91.0 Å². The third-order valence-electron chi connectivity index (χ3n) is 13.0. The van der Waals surface area contributed by atoms with Crippen LogP contribution in [0.1, 0.15) is 22.3 Å². The van der Waals surface area contributed by atoms with E-state index in [-0.39, 0.29) is 5.41 Å². The molecule has 13 rings (SSSR count). The summed E-state index contributed by atoms with van der Waals surface area (Å²) in [5.74, 6) is 1.98. The molecule has 11 aromatic rings. The first-order chi connectivity index (χ1) is 30.7. The first-order valence-electron chi connectivity index (χ1n) is 21.1. The molecule has 2 aromatic heterocycles. The van der Waals surface area contributed by atoms with Gasteiger partial charge in [0.25, 0.3) is 0 Å². The van der Waals surface area contributed by atoms with Gasteiger partial charge in [-0.1, -0.05) is 188 Å². The Morgan fingerprint density at radius 2 is 0.742 bits per heavy atom. The van der Waals surface area contributed by atoms with Crippen molar-refractivity contribution in [1.82, 2.24) is 15.0 Å². The molecule has 62 heavy (non-hydrogen) atoms. The van der Waals surface area contributed by atoms with Crippen molar-refractivity contribution in [1.29, 1.82) is 0 Å². The Labute approximate surface area is 363 Å². The summed E-state index contributed by atoms with van der Waals surface area (Å²) in [7, 11) is 0. The minimum atomic E-state index is -0.359. The van der Waals surface area contributed by atoms with Gasteiger partial charge in [0.15, 0.2) is 17.5 Å². The Balaban J connectivity index is 0.972. The maximum atomic E-state index is 5.15. The molecule has 0 saturated heterocycles. The van der Waals surface area contributed by atoms with E-state index in [1.165, 1.54) is 81.5 Å². The van der Waals surface area contributed by atoms with Crippen LogP contribution in [0.5, 0.6) is 0 Å². The van der Waals surface area contributed by atoms with E-state index in [2.05, 4.69) is 176 Å². The van der Waals surface area contributed by atoms with Crippen LogP contribution >= 0.6 is 11.3 Å². The zero-order valence-corrected chi connectivity index (χ0v) is 34.3. The summed E-state index contributed by atoms with van der Waals surface area (Å²) in [5.41, 5.74) is 18.0. The lowest BCUT2D eigenvalue weighted by atomic mass is 9.70. The number of benzene rings is 9. The fourth-order valence-electron chi connectivity index (χ4n) is 10.4. The number of nitrogens with zero attached hydrogens (tertiary/aromatic N) is 3. The number of aromatic nitrogens is 3. The largest absolute Gasteiger partial charge is 0.208 e. The van der Waals surface area contributed by atoms with Crippen LogP contribution in [0.15, 0.2) is 212 Å². The van der Waals surface area contributed by atoms with Gasteiger partial charge in [0.1, 0.15) is 0 Å².